The maximum atomic E-state index is 11.1. The van der Waals surface area contributed by atoms with Crippen molar-refractivity contribution < 1.29 is 49.3 Å². The second-order valence-electron chi connectivity index (χ2n) is 2.41. The Bertz CT molecular complexity index is 450. The summed E-state index contributed by atoms with van der Waals surface area (Å²) in [6.07, 6.45) is 0. The van der Waals surface area contributed by atoms with Crippen LogP contribution in [0.4, 0.5) is 0 Å². The fourth-order valence-corrected chi connectivity index (χ4v) is 1.67. The molecule has 1 rings (SSSR count). The van der Waals surface area contributed by atoms with Gasteiger partial charge in [-0.05, 0) is 36.0 Å². The van der Waals surface area contributed by atoms with Crippen molar-refractivity contribution in [2.75, 3.05) is 0 Å². The molecule has 1 aromatic carbocycles. The number of rotatable bonds is 3. The molecule has 0 aliphatic carbocycles. The van der Waals surface area contributed by atoms with Gasteiger partial charge in [0.2, 0.25) is 0 Å². The summed E-state index contributed by atoms with van der Waals surface area (Å²) in [4.78, 5) is 10.4. The van der Waals surface area contributed by atoms with Gasteiger partial charge in [-0.3, -0.25) is 0 Å². The van der Waals surface area contributed by atoms with Gasteiger partial charge in [-0.1, -0.05) is 0 Å². The van der Waals surface area contributed by atoms with Crippen LogP contribution in [-0.2, 0) is 10.0 Å². The topological polar surface area (TPSA) is 83.5 Å². The number of halogens is 1. The van der Waals surface area contributed by atoms with Crippen molar-refractivity contribution in [3.63, 3.8) is 0 Å². The summed E-state index contributed by atoms with van der Waals surface area (Å²) >= 11 is 4.98. The Labute approximate surface area is 115 Å². The van der Waals surface area contributed by atoms with E-state index in [2.05, 4.69) is 0 Å². The number of hydrogen-bond acceptors (Lipinski definition) is 3. The summed E-state index contributed by atoms with van der Waals surface area (Å²) in [6.45, 7) is 0. The molecular formula is C7H7ClNNaO4S. The molecule has 0 unspecified atom stereocenters. The minimum absolute atomic E-state index is 0. The average Bonchev–Trinajstić information content (AvgIpc) is 2.18. The molecule has 0 amide bonds. The molecule has 0 saturated heterocycles. The third-order valence-electron chi connectivity index (χ3n) is 1.51. The van der Waals surface area contributed by atoms with Crippen molar-refractivity contribution in [3.05, 3.63) is 29.8 Å². The van der Waals surface area contributed by atoms with Gasteiger partial charge in [0.25, 0.3) is 10.0 Å². The summed E-state index contributed by atoms with van der Waals surface area (Å²) in [7, 11) is -3.72. The van der Waals surface area contributed by atoms with Crippen LogP contribution < -0.4 is 33.8 Å². The van der Waals surface area contributed by atoms with E-state index in [1.807, 2.05) is 0 Å². The van der Waals surface area contributed by atoms with E-state index in [1.165, 1.54) is 12.1 Å². The zero-order valence-electron chi connectivity index (χ0n) is 8.77. The first-order valence-corrected chi connectivity index (χ1v) is 5.29. The van der Waals surface area contributed by atoms with Gasteiger partial charge in [-0.15, -0.1) is 4.24 Å². The smallest absolute Gasteiger partial charge is 1.00 e. The normalized spacial score (nSPS) is 10.5. The van der Waals surface area contributed by atoms with Crippen LogP contribution in [0.5, 0.6) is 0 Å². The zero-order valence-corrected chi connectivity index (χ0v) is 11.3. The Hall–Kier alpha value is -0.110. The monoisotopic (exact) mass is 259 g/mol. The number of sulfonamides is 1. The Kier molecular flexibility index (Phi) is 5.79. The molecule has 5 nitrogen and oxygen atoms in total. The van der Waals surface area contributed by atoms with Gasteiger partial charge in [-0.25, -0.2) is 13.2 Å². The van der Waals surface area contributed by atoms with Gasteiger partial charge in [-0.2, -0.15) is 0 Å². The molecule has 0 aliphatic heterocycles. The first-order valence-electron chi connectivity index (χ1n) is 3.43. The van der Waals surface area contributed by atoms with Crippen molar-refractivity contribution in [3.8, 4) is 0 Å². The van der Waals surface area contributed by atoms with E-state index in [0.29, 0.717) is 0 Å². The molecule has 78 valence electrons. The average molecular weight is 260 g/mol. The molecule has 0 aromatic heterocycles. The summed E-state index contributed by atoms with van der Waals surface area (Å²) in [5, 5.41) is 8.54. The second-order valence-corrected chi connectivity index (χ2v) is 4.51. The third-order valence-corrected chi connectivity index (χ3v) is 3.22. The molecule has 0 atom stereocenters. The summed E-state index contributed by atoms with van der Waals surface area (Å²) in [5.74, 6) is -1.12. The van der Waals surface area contributed by atoms with Crippen LogP contribution in [0.3, 0.4) is 0 Å². The fourth-order valence-electron chi connectivity index (χ4n) is 0.821. The molecule has 15 heavy (non-hydrogen) atoms. The number of carboxylic acid groups (broad SMARTS) is 1. The maximum absolute atomic E-state index is 11.1. The number of carboxylic acids is 1. The van der Waals surface area contributed by atoms with Gasteiger partial charge in [0.15, 0.2) is 0 Å². The molecule has 0 spiro atoms. The van der Waals surface area contributed by atoms with Crippen LogP contribution in [0, 0.1) is 0 Å². The van der Waals surface area contributed by atoms with Crippen LogP contribution in [0.15, 0.2) is 29.2 Å². The quantitative estimate of drug-likeness (QED) is 0.483. The van der Waals surface area contributed by atoms with E-state index >= 15 is 0 Å². The van der Waals surface area contributed by atoms with Gasteiger partial charge >= 0.3 is 35.5 Å². The van der Waals surface area contributed by atoms with Crippen molar-refractivity contribution in [1.29, 1.82) is 0 Å². The number of carbonyl (C=O) groups is 1. The number of benzene rings is 1. The second kappa shape index (κ2) is 5.83. The molecule has 1 aromatic rings. The van der Waals surface area contributed by atoms with Gasteiger partial charge < -0.3 is 6.53 Å². The van der Waals surface area contributed by atoms with Crippen LogP contribution in [-0.4, -0.2) is 19.5 Å². The molecule has 0 radical (unpaired) electrons. The first kappa shape index (κ1) is 14.9. The standard InChI is InChI=1S/C7H6ClNO4S.Na.H/c8-9-14(12,13)6-3-1-5(2-4-6)7(10)11;;/h1-4,9H,(H,10,11);;/q;+1;-1. The fraction of sp³-hybridized carbons (Fsp3) is 0. The van der Waals surface area contributed by atoms with Crippen molar-refractivity contribution in [2.45, 2.75) is 4.90 Å². The Morgan fingerprint density at radius 2 is 1.80 bits per heavy atom. The molecule has 0 aliphatic rings. The van der Waals surface area contributed by atoms with Gasteiger partial charge in [0.1, 0.15) is 0 Å². The molecule has 2 N–H and O–H groups in total. The Morgan fingerprint density at radius 3 is 2.13 bits per heavy atom. The van der Waals surface area contributed by atoms with E-state index in [-0.39, 0.29) is 41.4 Å². The van der Waals surface area contributed by atoms with Crippen LogP contribution in [0.25, 0.3) is 0 Å². The van der Waals surface area contributed by atoms with Crippen molar-refractivity contribution in [2.24, 2.45) is 0 Å². The largest absolute Gasteiger partial charge is 1.00 e. The van der Waals surface area contributed by atoms with E-state index in [4.69, 9.17) is 16.9 Å². The van der Waals surface area contributed by atoms with E-state index < -0.39 is 16.0 Å². The molecule has 0 fully saturated rings. The van der Waals surface area contributed by atoms with Gasteiger partial charge in [0, 0.05) is 0 Å². The third kappa shape index (κ3) is 3.75. The molecule has 0 heterocycles. The molecule has 0 saturated carbocycles. The Balaban J connectivity index is 0. The summed E-state index contributed by atoms with van der Waals surface area (Å²) in [6, 6.07) is 4.69. The van der Waals surface area contributed by atoms with E-state index in [9.17, 15) is 13.2 Å². The number of aromatic carboxylic acids is 1. The summed E-state index contributed by atoms with van der Waals surface area (Å²) in [5.41, 5.74) is 0.0125. The SMILES string of the molecule is O=C(O)c1ccc(S(=O)(=O)NCl)cc1.[H-].[Na+]. The molecule has 0 bridgehead atoms. The van der Waals surface area contributed by atoms with Crippen molar-refractivity contribution in [1.82, 2.24) is 4.24 Å². The minimum Gasteiger partial charge on any atom is -1.00 e. The molecule has 8 heteroatoms. The Morgan fingerprint density at radius 1 is 1.33 bits per heavy atom. The van der Waals surface area contributed by atoms with E-state index in [1.54, 1.807) is 4.24 Å². The number of hydrogen-bond donors (Lipinski definition) is 2. The first-order chi connectivity index (χ1) is 6.47. The molecular weight excluding hydrogens is 253 g/mol. The maximum Gasteiger partial charge on any atom is 1.00 e. The number of nitrogens with one attached hydrogen (secondary N) is 1. The van der Waals surface area contributed by atoms with Crippen LogP contribution in [0.1, 0.15) is 11.8 Å². The minimum atomic E-state index is -3.72. The predicted octanol–water partition coefficient (Wildman–Crippen LogP) is -2.07. The predicted molar refractivity (Wildman–Crippen MR) is 50.7 cm³/mol. The van der Waals surface area contributed by atoms with Gasteiger partial charge in [0.05, 0.1) is 10.5 Å². The van der Waals surface area contributed by atoms with Crippen molar-refractivity contribution >= 4 is 27.8 Å². The zero-order chi connectivity index (χ0) is 10.8. The van der Waals surface area contributed by atoms with Crippen LogP contribution >= 0.6 is 11.8 Å². The summed E-state index contributed by atoms with van der Waals surface area (Å²) < 4.78 is 23.8. The van der Waals surface area contributed by atoms with E-state index in [0.717, 1.165) is 12.1 Å². The van der Waals surface area contributed by atoms with Crippen LogP contribution in [0.2, 0.25) is 0 Å².